The summed E-state index contributed by atoms with van der Waals surface area (Å²) in [5, 5.41) is 0. The van der Waals surface area contributed by atoms with E-state index < -0.39 is 15.6 Å². The molecule has 1 aromatic carbocycles. The summed E-state index contributed by atoms with van der Waals surface area (Å²) >= 11 is 0. The number of nitrogen functional groups attached to an aromatic ring is 1. The number of sulfonamides is 1. The van der Waals surface area contributed by atoms with Crippen molar-refractivity contribution in [3.05, 3.63) is 23.8 Å². The highest BCUT2D eigenvalue weighted by molar-refractivity contribution is 7.89. The SMILES string of the molecule is CCCC(C)(C)NS(=O)(=O)c1cc(N)ccc1C. The molecule has 0 amide bonds. The van der Waals surface area contributed by atoms with Crippen LogP contribution in [0.2, 0.25) is 0 Å². The van der Waals surface area contributed by atoms with Crippen molar-refractivity contribution >= 4 is 15.7 Å². The molecule has 0 heterocycles. The van der Waals surface area contributed by atoms with Crippen LogP contribution in [0.15, 0.2) is 23.1 Å². The van der Waals surface area contributed by atoms with Gasteiger partial charge in [0, 0.05) is 11.2 Å². The van der Waals surface area contributed by atoms with E-state index >= 15 is 0 Å². The van der Waals surface area contributed by atoms with Crippen LogP contribution in [0.25, 0.3) is 0 Å². The highest BCUT2D eigenvalue weighted by atomic mass is 32.2. The number of nitrogens with two attached hydrogens (primary N) is 1. The molecule has 1 rings (SSSR count). The average Bonchev–Trinajstić information content (AvgIpc) is 2.19. The lowest BCUT2D eigenvalue weighted by molar-refractivity contribution is 0.417. The molecule has 1 aromatic rings. The Kier molecular flexibility index (Phi) is 4.40. The number of hydrogen-bond acceptors (Lipinski definition) is 3. The Labute approximate surface area is 110 Å². The number of benzene rings is 1. The Bertz CT molecular complexity index is 522. The third-order valence-electron chi connectivity index (χ3n) is 2.79. The van der Waals surface area contributed by atoms with Crippen LogP contribution in [0.1, 0.15) is 39.2 Å². The molecule has 0 aliphatic carbocycles. The van der Waals surface area contributed by atoms with Crippen molar-refractivity contribution in [1.29, 1.82) is 0 Å². The Morgan fingerprint density at radius 1 is 1.33 bits per heavy atom. The van der Waals surface area contributed by atoms with Crippen LogP contribution in [-0.2, 0) is 10.0 Å². The van der Waals surface area contributed by atoms with E-state index in [1.807, 2.05) is 20.8 Å². The first-order valence-electron chi connectivity index (χ1n) is 6.08. The molecule has 102 valence electrons. The van der Waals surface area contributed by atoms with Gasteiger partial charge < -0.3 is 5.73 Å². The molecular formula is C13H22N2O2S. The molecule has 0 saturated heterocycles. The third-order valence-corrected chi connectivity index (χ3v) is 4.63. The lowest BCUT2D eigenvalue weighted by Crippen LogP contribution is -2.43. The molecule has 0 bridgehead atoms. The monoisotopic (exact) mass is 270 g/mol. The highest BCUT2D eigenvalue weighted by Crippen LogP contribution is 2.21. The molecule has 0 radical (unpaired) electrons. The lowest BCUT2D eigenvalue weighted by atomic mass is 10.0. The number of anilines is 1. The van der Waals surface area contributed by atoms with E-state index in [-0.39, 0.29) is 4.90 Å². The summed E-state index contributed by atoms with van der Waals surface area (Å²) < 4.78 is 27.4. The van der Waals surface area contributed by atoms with Gasteiger partial charge in [-0.1, -0.05) is 19.4 Å². The Hall–Kier alpha value is -1.07. The quantitative estimate of drug-likeness (QED) is 0.807. The lowest BCUT2D eigenvalue weighted by Gasteiger charge is -2.25. The first-order chi connectivity index (χ1) is 8.18. The Morgan fingerprint density at radius 3 is 2.50 bits per heavy atom. The minimum Gasteiger partial charge on any atom is -0.399 e. The molecule has 4 nitrogen and oxygen atoms in total. The van der Waals surface area contributed by atoms with Crippen molar-refractivity contribution in [3.63, 3.8) is 0 Å². The van der Waals surface area contributed by atoms with Gasteiger partial charge in [-0.25, -0.2) is 13.1 Å². The van der Waals surface area contributed by atoms with Crippen LogP contribution in [0.3, 0.4) is 0 Å². The van der Waals surface area contributed by atoms with Gasteiger partial charge in [0.25, 0.3) is 0 Å². The van der Waals surface area contributed by atoms with Crippen LogP contribution in [0, 0.1) is 6.92 Å². The second-order valence-electron chi connectivity index (χ2n) is 5.26. The first-order valence-corrected chi connectivity index (χ1v) is 7.56. The van der Waals surface area contributed by atoms with Crippen LogP contribution < -0.4 is 10.5 Å². The number of nitrogens with one attached hydrogen (secondary N) is 1. The van der Waals surface area contributed by atoms with Crippen molar-refractivity contribution in [2.24, 2.45) is 0 Å². The first kappa shape index (κ1) is 15.0. The normalized spacial score (nSPS) is 12.7. The maximum Gasteiger partial charge on any atom is 0.241 e. The molecule has 3 N–H and O–H groups in total. The molecule has 0 unspecified atom stereocenters. The maximum absolute atomic E-state index is 12.3. The fourth-order valence-electron chi connectivity index (χ4n) is 2.00. The fourth-order valence-corrected chi connectivity index (χ4v) is 3.72. The van der Waals surface area contributed by atoms with Gasteiger partial charge in [0.2, 0.25) is 10.0 Å². The van der Waals surface area contributed by atoms with Crippen LogP contribution >= 0.6 is 0 Å². The number of rotatable bonds is 5. The molecule has 18 heavy (non-hydrogen) atoms. The minimum atomic E-state index is -3.52. The molecule has 0 aliphatic rings. The standard InChI is InChI=1S/C13H22N2O2S/c1-5-8-13(3,4)15-18(16,17)12-9-11(14)7-6-10(12)2/h6-7,9,15H,5,8,14H2,1-4H3. The van der Waals surface area contributed by atoms with E-state index in [0.29, 0.717) is 11.3 Å². The van der Waals surface area contributed by atoms with Crippen molar-refractivity contribution in [2.75, 3.05) is 5.73 Å². The highest BCUT2D eigenvalue weighted by Gasteiger charge is 2.26. The van der Waals surface area contributed by atoms with Gasteiger partial charge in [0.15, 0.2) is 0 Å². The fraction of sp³-hybridized carbons (Fsp3) is 0.538. The van der Waals surface area contributed by atoms with Gasteiger partial charge in [-0.2, -0.15) is 0 Å². The summed E-state index contributed by atoms with van der Waals surface area (Å²) in [6, 6.07) is 4.92. The van der Waals surface area contributed by atoms with Crippen molar-refractivity contribution in [1.82, 2.24) is 4.72 Å². The van der Waals surface area contributed by atoms with E-state index in [0.717, 1.165) is 12.8 Å². The molecular weight excluding hydrogens is 248 g/mol. The van der Waals surface area contributed by atoms with Gasteiger partial charge in [-0.05, 0) is 44.9 Å². The zero-order chi connectivity index (χ0) is 14.0. The van der Waals surface area contributed by atoms with Crippen LogP contribution in [-0.4, -0.2) is 14.0 Å². The molecule has 0 fully saturated rings. The Morgan fingerprint density at radius 2 is 1.94 bits per heavy atom. The molecule has 0 aliphatic heterocycles. The Balaban J connectivity index is 3.11. The van der Waals surface area contributed by atoms with Gasteiger partial charge in [-0.3, -0.25) is 0 Å². The zero-order valence-corrected chi connectivity index (χ0v) is 12.3. The van der Waals surface area contributed by atoms with E-state index in [4.69, 9.17) is 5.73 Å². The zero-order valence-electron chi connectivity index (χ0n) is 11.4. The van der Waals surface area contributed by atoms with Crippen LogP contribution in [0.4, 0.5) is 5.69 Å². The molecule has 0 atom stereocenters. The summed E-state index contributed by atoms with van der Waals surface area (Å²) in [5.74, 6) is 0. The number of aryl methyl sites for hydroxylation is 1. The maximum atomic E-state index is 12.3. The second-order valence-corrected chi connectivity index (χ2v) is 6.92. The second kappa shape index (κ2) is 5.28. The van der Waals surface area contributed by atoms with Gasteiger partial charge in [0.05, 0.1) is 4.90 Å². The van der Waals surface area contributed by atoms with Crippen molar-refractivity contribution in [2.45, 2.75) is 51.0 Å². The smallest absolute Gasteiger partial charge is 0.241 e. The summed E-state index contributed by atoms with van der Waals surface area (Å²) in [6.07, 6.45) is 1.71. The largest absolute Gasteiger partial charge is 0.399 e. The van der Waals surface area contributed by atoms with E-state index in [1.54, 1.807) is 19.1 Å². The molecule has 0 aromatic heterocycles. The van der Waals surface area contributed by atoms with E-state index in [1.165, 1.54) is 6.07 Å². The molecule has 5 heteroatoms. The topological polar surface area (TPSA) is 72.2 Å². The molecule has 0 saturated carbocycles. The van der Waals surface area contributed by atoms with Crippen LogP contribution in [0.5, 0.6) is 0 Å². The summed E-state index contributed by atoms with van der Waals surface area (Å²) in [6.45, 7) is 7.56. The predicted octanol–water partition coefficient (Wildman–Crippen LogP) is 2.43. The summed E-state index contributed by atoms with van der Waals surface area (Å²) in [5.41, 5.74) is 6.35. The third kappa shape index (κ3) is 3.71. The average molecular weight is 270 g/mol. The number of hydrogen-bond donors (Lipinski definition) is 2. The van der Waals surface area contributed by atoms with Crippen molar-refractivity contribution < 1.29 is 8.42 Å². The van der Waals surface area contributed by atoms with E-state index in [2.05, 4.69) is 4.72 Å². The van der Waals surface area contributed by atoms with Gasteiger partial charge in [-0.15, -0.1) is 0 Å². The van der Waals surface area contributed by atoms with Gasteiger partial charge in [0.1, 0.15) is 0 Å². The summed E-state index contributed by atoms with van der Waals surface area (Å²) in [7, 11) is -3.52. The van der Waals surface area contributed by atoms with Crippen molar-refractivity contribution in [3.8, 4) is 0 Å². The molecule has 0 spiro atoms. The predicted molar refractivity (Wildman–Crippen MR) is 74.9 cm³/mol. The minimum absolute atomic E-state index is 0.256. The van der Waals surface area contributed by atoms with Gasteiger partial charge >= 0.3 is 0 Å². The summed E-state index contributed by atoms with van der Waals surface area (Å²) in [4.78, 5) is 0.256. The van der Waals surface area contributed by atoms with E-state index in [9.17, 15) is 8.42 Å².